The van der Waals surface area contributed by atoms with E-state index in [1.54, 1.807) is 0 Å². The molecular weight excluding hydrogens is 532 g/mol. The number of hydrogen-bond acceptors (Lipinski definition) is 1. The lowest BCUT2D eigenvalue weighted by molar-refractivity contribution is 0.0303. The molecular formula is C43H82O. The molecule has 1 rings (SSSR count). The summed E-state index contributed by atoms with van der Waals surface area (Å²) < 4.78 is 0. The summed E-state index contributed by atoms with van der Waals surface area (Å²) in [5, 5.41) is 11.6. The quantitative estimate of drug-likeness (QED) is 0.0715. The van der Waals surface area contributed by atoms with E-state index in [2.05, 4.69) is 39.0 Å². The van der Waals surface area contributed by atoms with Crippen LogP contribution in [-0.4, -0.2) is 10.7 Å². The highest BCUT2D eigenvalue weighted by atomic mass is 16.3. The van der Waals surface area contributed by atoms with Crippen molar-refractivity contribution in [2.24, 2.45) is 5.92 Å². The van der Waals surface area contributed by atoms with Crippen LogP contribution in [0.25, 0.3) is 0 Å². The first kappa shape index (κ1) is 41.5. The van der Waals surface area contributed by atoms with Crippen LogP contribution in [0.15, 0.2) is 23.8 Å². The molecule has 0 bridgehead atoms. The van der Waals surface area contributed by atoms with E-state index in [0.29, 0.717) is 5.92 Å². The summed E-state index contributed by atoms with van der Waals surface area (Å²) in [6.45, 7) is 6.80. The van der Waals surface area contributed by atoms with E-state index < -0.39 is 5.60 Å². The standard InChI is InChI=1S/C43H82O/c1-4-6-8-10-12-14-16-18-20-22-24-26-28-30-32-34-36-42-40-41(3)37-39-43(42,44)38-35-33-31-29-27-25-23-21-19-17-15-13-11-9-7-5-2/h37,39-40,42,44H,4-36,38H2,1-3H3. The molecule has 1 aliphatic rings. The maximum absolute atomic E-state index is 11.6. The number of hydrogen-bond donors (Lipinski definition) is 1. The Morgan fingerprint density at radius 2 is 0.750 bits per heavy atom. The molecule has 0 fully saturated rings. The molecule has 260 valence electrons. The van der Waals surface area contributed by atoms with Crippen molar-refractivity contribution in [3.05, 3.63) is 23.8 Å². The van der Waals surface area contributed by atoms with Crippen LogP contribution in [0, 0.1) is 5.92 Å². The molecule has 44 heavy (non-hydrogen) atoms. The molecule has 0 heterocycles. The van der Waals surface area contributed by atoms with Gasteiger partial charge in [-0.2, -0.15) is 0 Å². The van der Waals surface area contributed by atoms with Gasteiger partial charge in [0.2, 0.25) is 0 Å². The molecule has 1 aliphatic carbocycles. The zero-order valence-corrected chi connectivity index (χ0v) is 30.8. The number of aliphatic hydroxyl groups is 1. The highest BCUT2D eigenvalue weighted by Gasteiger charge is 2.33. The Bertz CT molecular complexity index is 647. The predicted molar refractivity (Wildman–Crippen MR) is 200 cm³/mol. The average Bonchev–Trinajstić information content (AvgIpc) is 3.02. The largest absolute Gasteiger partial charge is 0.385 e. The normalized spacial score (nSPS) is 18.3. The maximum atomic E-state index is 11.6. The summed E-state index contributed by atoms with van der Waals surface area (Å²) in [5.74, 6) is 0.315. The summed E-state index contributed by atoms with van der Waals surface area (Å²) in [6, 6.07) is 0. The van der Waals surface area contributed by atoms with Crippen LogP contribution in [0.3, 0.4) is 0 Å². The molecule has 1 N–H and O–H groups in total. The Balaban J connectivity index is 1.98. The molecule has 0 aromatic carbocycles. The molecule has 0 radical (unpaired) electrons. The Hall–Kier alpha value is -0.560. The predicted octanol–water partition coefficient (Wildman–Crippen LogP) is 15.2. The molecule has 0 aromatic rings. The summed E-state index contributed by atoms with van der Waals surface area (Å²) in [4.78, 5) is 0. The van der Waals surface area contributed by atoms with Gasteiger partial charge in [0.05, 0.1) is 5.60 Å². The molecule has 0 amide bonds. The first-order valence-corrected chi connectivity index (χ1v) is 20.7. The van der Waals surface area contributed by atoms with E-state index in [0.717, 1.165) is 12.8 Å². The zero-order chi connectivity index (χ0) is 31.8. The third-order valence-corrected chi connectivity index (χ3v) is 10.5. The molecule has 0 saturated carbocycles. The fourth-order valence-corrected chi connectivity index (χ4v) is 7.39. The van der Waals surface area contributed by atoms with Gasteiger partial charge >= 0.3 is 0 Å². The molecule has 0 saturated heterocycles. The van der Waals surface area contributed by atoms with Gasteiger partial charge in [-0.15, -0.1) is 0 Å². The van der Waals surface area contributed by atoms with Gasteiger partial charge in [0.1, 0.15) is 0 Å². The average molecular weight is 615 g/mol. The zero-order valence-electron chi connectivity index (χ0n) is 30.8. The van der Waals surface area contributed by atoms with Crippen molar-refractivity contribution in [3.63, 3.8) is 0 Å². The molecule has 2 unspecified atom stereocenters. The SMILES string of the molecule is CCCCCCCCCCCCCCCCCCC1C=C(C)C=CC1(O)CCCCCCCCCCCCCCCCCC. The minimum atomic E-state index is -0.606. The van der Waals surface area contributed by atoms with Crippen molar-refractivity contribution in [2.75, 3.05) is 0 Å². The maximum Gasteiger partial charge on any atom is 0.0893 e. The van der Waals surface area contributed by atoms with Crippen LogP contribution in [0.4, 0.5) is 0 Å². The second-order valence-corrected chi connectivity index (χ2v) is 15.0. The Kier molecular flexibility index (Phi) is 29.3. The van der Waals surface area contributed by atoms with Crippen LogP contribution in [0.5, 0.6) is 0 Å². The molecule has 2 atom stereocenters. The van der Waals surface area contributed by atoms with Gasteiger partial charge in [-0.25, -0.2) is 0 Å². The van der Waals surface area contributed by atoms with Crippen molar-refractivity contribution in [2.45, 2.75) is 245 Å². The minimum Gasteiger partial charge on any atom is -0.385 e. The van der Waals surface area contributed by atoms with E-state index in [1.807, 2.05) is 0 Å². The van der Waals surface area contributed by atoms with Gasteiger partial charge in [0.25, 0.3) is 0 Å². The van der Waals surface area contributed by atoms with Crippen LogP contribution in [-0.2, 0) is 0 Å². The third kappa shape index (κ3) is 24.6. The highest BCUT2D eigenvalue weighted by molar-refractivity contribution is 5.28. The summed E-state index contributed by atoms with van der Waals surface area (Å²) in [5.41, 5.74) is 0.730. The molecule has 0 aromatic heterocycles. The smallest absolute Gasteiger partial charge is 0.0893 e. The Morgan fingerprint density at radius 1 is 0.455 bits per heavy atom. The Labute approximate surface area is 278 Å². The van der Waals surface area contributed by atoms with E-state index in [1.165, 1.54) is 211 Å². The Morgan fingerprint density at radius 3 is 1.09 bits per heavy atom. The van der Waals surface area contributed by atoms with Gasteiger partial charge in [0.15, 0.2) is 0 Å². The third-order valence-electron chi connectivity index (χ3n) is 10.5. The fraction of sp³-hybridized carbons (Fsp3) is 0.907. The minimum absolute atomic E-state index is 0.315. The lowest BCUT2D eigenvalue weighted by Crippen LogP contribution is -2.36. The summed E-state index contributed by atoms with van der Waals surface area (Å²) in [7, 11) is 0. The van der Waals surface area contributed by atoms with Gasteiger partial charge in [-0.05, 0) is 19.8 Å². The fourth-order valence-electron chi connectivity index (χ4n) is 7.39. The van der Waals surface area contributed by atoms with Crippen LogP contribution in [0.2, 0.25) is 0 Å². The van der Waals surface area contributed by atoms with E-state index >= 15 is 0 Å². The van der Waals surface area contributed by atoms with Crippen molar-refractivity contribution in [3.8, 4) is 0 Å². The van der Waals surface area contributed by atoms with Gasteiger partial charge in [0, 0.05) is 5.92 Å². The van der Waals surface area contributed by atoms with Crippen molar-refractivity contribution < 1.29 is 5.11 Å². The lowest BCUT2D eigenvalue weighted by Gasteiger charge is -2.35. The number of allylic oxidation sites excluding steroid dienone is 2. The van der Waals surface area contributed by atoms with Crippen molar-refractivity contribution >= 4 is 0 Å². The highest BCUT2D eigenvalue weighted by Crippen LogP contribution is 2.35. The van der Waals surface area contributed by atoms with Crippen molar-refractivity contribution in [1.82, 2.24) is 0 Å². The van der Waals surface area contributed by atoms with Gasteiger partial charge < -0.3 is 5.11 Å². The van der Waals surface area contributed by atoms with Crippen molar-refractivity contribution in [1.29, 1.82) is 0 Å². The molecule has 0 spiro atoms. The first-order chi connectivity index (χ1) is 21.6. The molecule has 1 heteroatoms. The van der Waals surface area contributed by atoms with E-state index in [9.17, 15) is 5.11 Å². The topological polar surface area (TPSA) is 20.2 Å². The lowest BCUT2D eigenvalue weighted by atomic mass is 9.76. The number of rotatable bonds is 34. The van der Waals surface area contributed by atoms with Gasteiger partial charge in [-0.1, -0.05) is 243 Å². The van der Waals surface area contributed by atoms with E-state index in [-0.39, 0.29) is 0 Å². The second kappa shape index (κ2) is 31.1. The summed E-state index contributed by atoms with van der Waals surface area (Å²) in [6.07, 6.45) is 53.8. The summed E-state index contributed by atoms with van der Waals surface area (Å²) >= 11 is 0. The van der Waals surface area contributed by atoms with Crippen LogP contribution in [0.1, 0.15) is 239 Å². The van der Waals surface area contributed by atoms with Crippen LogP contribution < -0.4 is 0 Å². The second-order valence-electron chi connectivity index (χ2n) is 15.0. The monoisotopic (exact) mass is 615 g/mol. The number of unbranched alkanes of at least 4 members (excludes halogenated alkanes) is 30. The van der Waals surface area contributed by atoms with Crippen LogP contribution >= 0.6 is 0 Å². The molecule has 1 nitrogen and oxygen atoms in total. The first-order valence-electron chi connectivity index (χ1n) is 20.7. The molecule has 0 aliphatic heterocycles. The van der Waals surface area contributed by atoms with E-state index in [4.69, 9.17) is 0 Å². The van der Waals surface area contributed by atoms with Gasteiger partial charge in [-0.3, -0.25) is 0 Å².